The van der Waals surface area contributed by atoms with E-state index in [1.54, 1.807) is 18.3 Å². The molecule has 1 aliphatic rings. The van der Waals surface area contributed by atoms with E-state index in [4.69, 9.17) is 4.74 Å². The Morgan fingerprint density at radius 3 is 2.86 bits per heavy atom. The summed E-state index contributed by atoms with van der Waals surface area (Å²) in [5, 5.41) is 0.785. The topological polar surface area (TPSA) is 79.5 Å². The number of aromatic nitrogens is 1. The third-order valence-electron chi connectivity index (χ3n) is 3.69. The minimum absolute atomic E-state index is 0.140. The van der Waals surface area contributed by atoms with Crippen molar-refractivity contribution in [3.8, 4) is 0 Å². The van der Waals surface area contributed by atoms with Gasteiger partial charge in [-0.1, -0.05) is 0 Å². The maximum atomic E-state index is 12.3. The average molecular weight is 308 g/mol. The molecule has 112 valence electrons. The summed E-state index contributed by atoms with van der Waals surface area (Å²) in [5.41, 5.74) is 1.59. The molecule has 1 fully saturated rings. The summed E-state index contributed by atoms with van der Waals surface area (Å²) in [7, 11) is -2.02. The van der Waals surface area contributed by atoms with Gasteiger partial charge in [0.25, 0.3) is 0 Å². The number of H-pyrrole nitrogens is 1. The Kier molecular flexibility index (Phi) is 3.36. The van der Waals surface area contributed by atoms with Crippen LogP contribution in [-0.2, 0) is 14.8 Å². The summed E-state index contributed by atoms with van der Waals surface area (Å²) in [6.45, 7) is 0.438. The zero-order chi connectivity index (χ0) is 15.0. The quantitative estimate of drug-likeness (QED) is 0.859. The first-order valence-corrected chi connectivity index (χ1v) is 8.34. The number of esters is 1. The number of sulfonamides is 1. The normalized spacial score (nSPS) is 17.9. The molecule has 0 unspecified atom stereocenters. The van der Waals surface area contributed by atoms with Crippen LogP contribution in [0.1, 0.15) is 23.2 Å². The van der Waals surface area contributed by atoms with Crippen molar-refractivity contribution >= 4 is 32.6 Å². The number of carbonyl (C=O) groups excluding carboxylic acids is 1. The van der Waals surface area contributed by atoms with Crippen molar-refractivity contribution in [1.82, 2.24) is 4.98 Å². The van der Waals surface area contributed by atoms with E-state index in [0.29, 0.717) is 29.7 Å². The summed E-state index contributed by atoms with van der Waals surface area (Å²) < 4.78 is 30.7. The molecule has 21 heavy (non-hydrogen) atoms. The van der Waals surface area contributed by atoms with Gasteiger partial charge in [-0.05, 0) is 31.0 Å². The van der Waals surface area contributed by atoms with Gasteiger partial charge in [0.05, 0.1) is 24.1 Å². The molecule has 1 aromatic carbocycles. The Balaban J connectivity index is 2.20. The molecule has 0 atom stereocenters. The number of carbonyl (C=O) groups is 1. The maximum Gasteiger partial charge on any atom is 0.337 e. The van der Waals surface area contributed by atoms with E-state index >= 15 is 0 Å². The van der Waals surface area contributed by atoms with Crippen LogP contribution in [0.25, 0.3) is 10.9 Å². The minimum atomic E-state index is -3.33. The lowest BCUT2D eigenvalue weighted by Gasteiger charge is -2.29. The number of benzene rings is 1. The van der Waals surface area contributed by atoms with Crippen molar-refractivity contribution in [3.05, 3.63) is 30.0 Å². The number of rotatable bonds is 2. The van der Waals surface area contributed by atoms with Crippen molar-refractivity contribution in [1.29, 1.82) is 0 Å². The van der Waals surface area contributed by atoms with E-state index in [-0.39, 0.29) is 5.75 Å². The van der Waals surface area contributed by atoms with E-state index in [2.05, 4.69) is 4.98 Å². The van der Waals surface area contributed by atoms with Crippen molar-refractivity contribution in [2.45, 2.75) is 12.8 Å². The van der Waals surface area contributed by atoms with Gasteiger partial charge in [-0.25, -0.2) is 13.2 Å². The molecule has 0 amide bonds. The van der Waals surface area contributed by atoms with Crippen molar-refractivity contribution in [3.63, 3.8) is 0 Å². The lowest BCUT2D eigenvalue weighted by Crippen LogP contribution is -2.38. The number of anilines is 1. The van der Waals surface area contributed by atoms with Crippen molar-refractivity contribution < 1.29 is 17.9 Å². The molecule has 6 nitrogen and oxygen atoms in total. The van der Waals surface area contributed by atoms with E-state index in [1.807, 2.05) is 6.07 Å². The standard InChI is InChI=1S/C14H16N2O4S/c1-20-14(17)10-8-12-11(4-5-15-12)13(9-10)16-6-2-3-7-21(16,18)19/h4-5,8-9,15H,2-3,6-7H2,1H3. The van der Waals surface area contributed by atoms with Gasteiger partial charge < -0.3 is 9.72 Å². The van der Waals surface area contributed by atoms with E-state index in [1.165, 1.54) is 11.4 Å². The zero-order valence-electron chi connectivity index (χ0n) is 11.6. The van der Waals surface area contributed by atoms with Crippen LogP contribution in [0.5, 0.6) is 0 Å². The third-order valence-corrected chi connectivity index (χ3v) is 5.54. The SMILES string of the molecule is COC(=O)c1cc(N2CCCCS2(=O)=O)c2cc[nH]c2c1. The largest absolute Gasteiger partial charge is 0.465 e. The first-order chi connectivity index (χ1) is 10.0. The first-order valence-electron chi connectivity index (χ1n) is 6.73. The third kappa shape index (κ3) is 2.37. The molecular formula is C14H16N2O4S. The predicted molar refractivity (Wildman–Crippen MR) is 80.0 cm³/mol. The molecule has 0 bridgehead atoms. The van der Waals surface area contributed by atoms with Gasteiger partial charge in [0.2, 0.25) is 10.0 Å². The number of ether oxygens (including phenoxy) is 1. The van der Waals surface area contributed by atoms with E-state index < -0.39 is 16.0 Å². The Labute approximate surface area is 122 Å². The summed E-state index contributed by atoms with van der Waals surface area (Å²) in [6.07, 6.45) is 3.21. The van der Waals surface area contributed by atoms with Gasteiger partial charge >= 0.3 is 5.97 Å². The fourth-order valence-corrected chi connectivity index (χ4v) is 4.30. The predicted octanol–water partition coefficient (Wildman–Crippen LogP) is 1.88. The fourth-order valence-electron chi connectivity index (χ4n) is 2.65. The average Bonchev–Trinajstić information content (AvgIpc) is 2.93. The van der Waals surface area contributed by atoms with Gasteiger partial charge in [0, 0.05) is 23.6 Å². The highest BCUT2D eigenvalue weighted by Gasteiger charge is 2.28. The van der Waals surface area contributed by atoms with Crippen LogP contribution >= 0.6 is 0 Å². The molecule has 1 aromatic heterocycles. The smallest absolute Gasteiger partial charge is 0.337 e. The number of hydrogen-bond acceptors (Lipinski definition) is 4. The van der Waals surface area contributed by atoms with Crippen molar-refractivity contribution in [2.75, 3.05) is 23.7 Å². The molecule has 0 saturated carbocycles. The molecule has 3 rings (SSSR count). The summed E-state index contributed by atoms with van der Waals surface area (Å²) >= 11 is 0. The van der Waals surface area contributed by atoms with Crippen LogP contribution < -0.4 is 4.31 Å². The number of hydrogen-bond donors (Lipinski definition) is 1. The van der Waals surface area contributed by atoms with Gasteiger partial charge in [-0.2, -0.15) is 0 Å². The van der Waals surface area contributed by atoms with Crippen LogP contribution in [0.2, 0.25) is 0 Å². The lowest BCUT2D eigenvalue weighted by atomic mass is 10.1. The highest BCUT2D eigenvalue weighted by molar-refractivity contribution is 7.92. The number of aromatic amines is 1. The number of fused-ring (bicyclic) bond motifs is 1. The molecule has 1 N–H and O–H groups in total. The first kappa shape index (κ1) is 13.9. The second-order valence-electron chi connectivity index (χ2n) is 5.02. The van der Waals surface area contributed by atoms with Gasteiger partial charge in [-0.3, -0.25) is 4.31 Å². The minimum Gasteiger partial charge on any atom is -0.465 e. The Hall–Kier alpha value is -2.02. The van der Waals surface area contributed by atoms with E-state index in [0.717, 1.165) is 11.8 Å². The van der Waals surface area contributed by atoms with E-state index in [9.17, 15) is 13.2 Å². The number of nitrogens with one attached hydrogen (secondary N) is 1. The molecule has 7 heteroatoms. The van der Waals surface area contributed by atoms with Gasteiger partial charge in [-0.15, -0.1) is 0 Å². The molecular weight excluding hydrogens is 292 g/mol. The Bertz CT molecular complexity index is 794. The monoisotopic (exact) mass is 308 g/mol. The molecule has 2 heterocycles. The zero-order valence-corrected chi connectivity index (χ0v) is 12.4. The molecule has 0 aliphatic carbocycles. The Morgan fingerprint density at radius 1 is 1.33 bits per heavy atom. The second kappa shape index (κ2) is 5.07. The molecule has 2 aromatic rings. The fraction of sp³-hybridized carbons (Fsp3) is 0.357. The summed E-state index contributed by atoms with van der Waals surface area (Å²) in [4.78, 5) is 14.8. The Morgan fingerprint density at radius 2 is 2.14 bits per heavy atom. The van der Waals surface area contributed by atoms with Crippen LogP contribution in [0.4, 0.5) is 5.69 Å². The van der Waals surface area contributed by atoms with Crippen LogP contribution in [0.15, 0.2) is 24.4 Å². The second-order valence-corrected chi connectivity index (χ2v) is 7.03. The molecule has 0 spiro atoms. The van der Waals surface area contributed by atoms with Gasteiger partial charge in [0.1, 0.15) is 0 Å². The number of nitrogens with zero attached hydrogens (tertiary/aromatic N) is 1. The summed E-state index contributed by atoms with van der Waals surface area (Å²) in [6, 6.07) is 5.07. The lowest BCUT2D eigenvalue weighted by molar-refractivity contribution is 0.0601. The highest BCUT2D eigenvalue weighted by atomic mass is 32.2. The maximum absolute atomic E-state index is 12.3. The van der Waals surface area contributed by atoms with Crippen LogP contribution in [-0.4, -0.2) is 38.8 Å². The summed E-state index contributed by atoms with van der Waals surface area (Å²) in [5.74, 6) is -0.344. The van der Waals surface area contributed by atoms with Gasteiger partial charge in [0.15, 0.2) is 0 Å². The molecule has 1 aliphatic heterocycles. The highest BCUT2D eigenvalue weighted by Crippen LogP contribution is 2.32. The van der Waals surface area contributed by atoms with Crippen LogP contribution in [0.3, 0.4) is 0 Å². The number of methoxy groups -OCH3 is 1. The van der Waals surface area contributed by atoms with Crippen LogP contribution in [0, 0.1) is 0 Å². The molecule has 1 saturated heterocycles. The molecule has 0 radical (unpaired) electrons. The van der Waals surface area contributed by atoms with Crippen molar-refractivity contribution in [2.24, 2.45) is 0 Å².